The van der Waals surface area contributed by atoms with Crippen LogP contribution in [0.2, 0.25) is 0 Å². The third-order valence-corrected chi connectivity index (χ3v) is 2.15. The average molecular weight is 168 g/mol. The largest absolute Gasteiger partial charge is 0.466 e. The monoisotopic (exact) mass is 168 g/mol. The van der Waals surface area contributed by atoms with Gasteiger partial charge in [0.1, 0.15) is 11.9 Å². The Morgan fingerprint density at radius 2 is 2.50 bits per heavy atom. The summed E-state index contributed by atoms with van der Waals surface area (Å²) in [5.41, 5.74) is 0. The number of aliphatic hydroxyl groups excluding tert-OH is 1. The van der Waals surface area contributed by atoms with E-state index in [0.717, 1.165) is 19.4 Å². The normalized spacial score (nSPS) is 25.9. The van der Waals surface area contributed by atoms with Gasteiger partial charge in [0.15, 0.2) is 0 Å². The molecule has 0 aliphatic carbocycles. The van der Waals surface area contributed by atoms with Gasteiger partial charge in [0.25, 0.3) is 0 Å². The Balaban J connectivity index is 2.04. The summed E-state index contributed by atoms with van der Waals surface area (Å²) in [5, 5.41) is 9.69. The second kappa shape index (κ2) is 3.29. The fourth-order valence-corrected chi connectivity index (χ4v) is 1.49. The molecule has 0 amide bonds. The van der Waals surface area contributed by atoms with E-state index < -0.39 is 6.10 Å². The molecule has 66 valence electrons. The molecule has 1 N–H and O–H groups in total. The Morgan fingerprint density at radius 3 is 3.08 bits per heavy atom. The second-order valence-corrected chi connectivity index (χ2v) is 3.01. The van der Waals surface area contributed by atoms with E-state index in [4.69, 9.17) is 9.15 Å². The highest BCUT2D eigenvalue weighted by molar-refractivity contribution is 5.04. The molecule has 0 aromatic carbocycles. The van der Waals surface area contributed by atoms with Crippen molar-refractivity contribution in [2.24, 2.45) is 0 Å². The summed E-state index contributed by atoms with van der Waals surface area (Å²) in [6, 6.07) is 3.54. The molecule has 1 aliphatic rings. The van der Waals surface area contributed by atoms with Gasteiger partial charge in [-0.3, -0.25) is 0 Å². The van der Waals surface area contributed by atoms with Crippen molar-refractivity contribution in [2.75, 3.05) is 6.61 Å². The molecular weight excluding hydrogens is 156 g/mol. The Hall–Kier alpha value is -0.800. The predicted octanol–water partition coefficient (Wildman–Crippen LogP) is 1.49. The van der Waals surface area contributed by atoms with Gasteiger partial charge in [0, 0.05) is 6.61 Å². The molecule has 0 radical (unpaired) electrons. The van der Waals surface area contributed by atoms with E-state index in [-0.39, 0.29) is 6.10 Å². The molecule has 3 nitrogen and oxygen atoms in total. The van der Waals surface area contributed by atoms with Crippen molar-refractivity contribution in [3.8, 4) is 0 Å². The molecule has 0 spiro atoms. The Labute approximate surface area is 71.0 Å². The van der Waals surface area contributed by atoms with Gasteiger partial charge < -0.3 is 14.3 Å². The highest BCUT2D eigenvalue weighted by Crippen LogP contribution is 2.26. The maximum Gasteiger partial charge on any atom is 0.138 e. The minimum atomic E-state index is -0.595. The van der Waals surface area contributed by atoms with Gasteiger partial charge in [-0.2, -0.15) is 0 Å². The summed E-state index contributed by atoms with van der Waals surface area (Å²) in [5.74, 6) is 0.599. The lowest BCUT2D eigenvalue weighted by Gasteiger charge is -2.14. The summed E-state index contributed by atoms with van der Waals surface area (Å²) in [6.07, 6.45) is 2.84. The average Bonchev–Trinajstić information content (AvgIpc) is 2.77. The maximum absolute atomic E-state index is 9.69. The highest BCUT2D eigenvalue weighted by atomic mass is 16.5. The molecular formula is C9H12O3. The number of ether oxygens (including phenoxy) is 1. The van der Waals surface area contributed by atoms with E-state index in [9.17, 15) is 5.11 Å². The van der Waals surface area contributed by atoms with Gasteiger partial charge in [-0.05, 0) is 25.0 Å². The number of aliphatic hydroxyl groups is 1. The summed E-state index contributed by atoms with van der Waals surface area (Å²) in [4.78, 5) is 0. The van der Waals surface area contributed by atoms with E-state index in [1.54, 1.807) is 18.4 Å². The number of furan rings is 1. The van der Waals surface area contributed by atoms with Crippen molar-refractivity contribution in [3.63, 3.8) is 0 Å². The van der Waals surface area contributed by atoms with Crippen molar-refractivity contribution in [1.29, 1.82) is 0 Å². The molecule has 12 heavy (non-hydrogen) atoms. The smallest absolute Gasteiger partial charge is 0.138 e. The molecule has 0 saturated carbocycles. The first-order valence-corrected chi connectivity index (χ1v) is 4.21. The Kier molecular flexibility index (Phi) is 2.15. The third-order valence-electron chi connectivity index (χ3n) is 2.15. The standard InChI is InChI=1S/C9H12O3/c10-9(7-3-1-5-11-7)8-4-2-6-12-8/h1,3,5,8-10H,2,4,6H2/t8-,9-/m1/s1. The van der Waals surface area contributed by atoms with Gasteiger partial charge in [-0.1, -0.05) is 0 Å². The van der Waals surface area contributed by atoms with E-state index in [1.165, 1.54) is 0 Å². The van der Waals surface area contributed by atoms with Crippen molar-refractivity contribution < 1.29 is 14.3 Å². The lowest BCUT2D eigenvalue weighted by Crippen LogP contribution is -2.16. The zero-order chi connectivity index (χ0) is 8.39. The van der Waals surface area contributed by atoms with Crippen molar-refractivity contribution in [3.05, 3.63) is 24.2 Å². The van der Waals surface area contributed by atoms with E-state index in [0.29, 0.717) is 5.76 Å². The number of hydrogen-bond donors (Lipinski definition) is 1. The first-order valence-electron chi connectivity index (χ1n) is 4.21. The van der Waals surface area contributed by atoms with Crippen LogP contribution in [0.15, 0.2) is 22.8 Å². The van der Waals surface area contributed by atoms with Gasteiger partial charge in [-0.25, -0.2) is 0 Å². The van der Waals surface area contributed by atoms with Crippen LogP contribution in [0, 0.1) is 0 Å². The Bertz CT molecular complexity index is 224. The second-order valence-electron chi connectivity index (χ2n) is 3.01. The van der Waals surface area contributed by atoms with Gasteiger partial charge in [0.05, 0.1) is 12.4 Å². The maximum atomic E-state index is 9.69. The topological polar surface area (TPSA) is 42.6 Å². The van der Waals surface area contributed by atoms with Crippen LogP contribution in [0.4, 0.5) is 0 Å². The molecule has 1 aliphatic heterocycles. The van der Waals surface area contributed by atoms with Crippen LogP contribution < -0.4 is 0 Å². The summed E-state index contributed by atoms with van der Waals surface area (Å²) in [7, 11) is 0. The van der Waals surface area contributed by atoms with Crippen LogP contribution in [0.1, 0.15) is 24.7 Å². The summed E-state index contributed by atoms with van der Waals surface area (Å²) in [6.45, 7) is 0.752. The number of rotatable bonds is 2. The van der Waals surface area contributed by atoms with E-state index in [2.05, 4.69) is 0 Å². The minimum Gasteiger partial charge on any atom is -0.466 e. The molecule has 2 atom stereocenters. The predicted molar refractivity (Wildman–Crippen MR) is 42.6 cm³/mol. The summed E-state index contributed by atoms with van der Waals surface area (Å²) >= 11 is 0. The van der Waals surface area contributed by atoms with Gasteiger partial charge in [-0.15, -0.1) is 0 Å². The van der Waals surface area contributed by atoms with Gasteiger partial charge >= 0.3 is 0 Å². The highest BCUT2D eigenvalue weighted by Gasteiger charge is 2.26. The molecule has 1 aromatic rings. The minimum absolute atomic E-state index is 0.0730. The third kappa shape index (κ3) is 1.38. The van der Waals surface area contributed by atoms with Crippen molar-refractivity contribution >= 4 is 0 Å². The van der Waals surface area contributed by atoms with Crippen LogP contribution >= 0.6 is 0 Å². The lowest BCUT2D eigenvalue weighted by molar-refractivity contribution is -0.0131. The molecule has 1 fully saturated rings. The van der Waals surface area contributed by atoms with Crippen molar-refractivity contribution in [2.45, 2.75) is 25.0 Å². The summed E-state index contributed by atoms with van der Waals surface area (Å²) < 4.78 is 10.4. The van der Waals surface area contributed by atoms with Gasteiger partial charge in [0.2, 0.25) is 0 Å². The van der Waals surface area contributed by atoms with E-state index >= 15 is 0 Å². The quantitative estimate of drug-likeness (QED) is 0.727. The molecule has 0 bridgehead atoms. The molecule has 3 heteroatoms. The van der Waals surface area contributed by atoms with Crippen LogP contribution in [-0.4, -0.2) is 17.8 Å². The zero-order valence-electron chi connectivity index (χ0n) is 6.77. The molecule has 2 rings (SSSR count). The fraction of sp³-hybridized carbons (Fsp3) is 0.556. The number of hydrogen-bond acceptors (Lipinski definition) is 3. The first-order chi connectivity index (χ1) is 5.88. The molecule has 1 saturated heterocycles. The first kappa shape index (κ1) is 7.83. The van der Waals surface area contributed by atoms with Crippen LogP contribution in [0.3, 0.4) is 0 Å². The zero-order valence-corrected chi connectivity index (χ0v) is 6.77. The van der Waals surface area contributed by atoms with Crippen molar-refractivity contribution in [1.82, 2.24) is 0 Å². The lowest BCUT2D eigenvalue weighted by atomic mass is 10.1. The molecule has 0 unspecified atom stereocenters. The van der Waals surface area contributed by atoms with Crippen LogP contribution in [0.25, 0.3) is 0 Å². The SMILES string of the molecule is O[C@H](c1ccco1)[C@H]1CCCO1. The molecule has 1 aromatic heterocycles. The van der Waals surface area contributed by atoms with Crippen LogP contribution in [0.5, 0.6) is 0 Å². The Morgan fingerprint density at radius 1 is 1.58 bits per heavy atom. The van der Waals surface area contributed by atoms with Crippen LogP contribution in [-0.2, 0) is 4.74 Å². The molecule has 2 heterocycles. The van der Waals surface area contributed by atoms with E-state index in [1.807, 2.05) is 0 Å². The fourth-order valence-electron chi connectivity index (χ4n) is 1.49.